The summed E-state index contributed by atoms with van der Waals surface area (Å²) >= 11 is 0. The van der Waals surface area contributed by atoms with Crippen LogP contribution in [0.4, 0.5) is 0 Å². The Labute approximate surface area is 98.2 Å². The zero-order valence-corrected chi connectivity index (χ0v) is 8.96. The molecule has 17 heavy (non-hydrogen) atoms. The molecule has 3 N–H and O–H groups in total. The van der Waals surface area contributed by atoms with E-state index in [0.29, 0.717) is 11.1 Å². The highest BCUT2D eigenvalue weighted by molar-refractivity contribution is 6.10. The van der Waals surface area contributed by atoms with Gasteiger partial charge in [-0.1, -0.05) is 30.3 Å². The third-order valence-corrected chi connectivity index (χ3v) is 2.37. The van der Waals surface area contributed by atoms with Gasteiger partial charge in [0.15, 0.2) is 11.5 Å². The van der Waals surface area contributed by atoms with Crippen molar-refractivity contribution in [2.75, 3.05) is 0 Å². The quantitative estimate of drug-likeness (QED) is 0.622. The summed E-state index contributed by atoms with van der Waals surface area (Å²) in [5.41, 5.74) is 0.855. The molecule has 0 aliphatic carbocycles. The molecule has 0 bridgehead atoms. The molecule has 4 heteroatoms. The molecule has 2 rings (SSSR count). The van der Waals surface area contributed by atoms with Crippen molar-refractivity contribution in [2.45, 2.75) is 0 Å². The van der Waals surface area contributed by atoms with Crippen LogP contribution in [0.25, 0.3) is 0 Å². The fourth-order valence-electron chi connectivity index (χ4n) is 1.54. The van der Waals surface area contributed by atoms with Crippen LogP contribution in [-0.4, -0.2) is 10.9 Å². The minimum absolute atomic E-state index is 0.00457. The van der Waals surface area contributed by atoms with Crippen molar-refractivity contribution in [2.24, 2.45) is 5.90 Å². The Hall–Kier alpha value is -2.33. The van der Waals surface area contributed by atoms with Gasteiger partial charge < -0.3 is 9.94 Å². The molecule has 0 saturated heterocycles. The van der Waals surface area contributed by atoms with Crippen molar-refractivity contribution in [3.05, 3.63) is 59.7 Å². The van der Waals surface area contributed by atoms with E-state index in [-0.39, 0.29) is 17.3 Å². The zero-order valence-electron chi connectivity index (χ0n) is 8.96. The SMILES string of the molecule is NOc1cc(O)ccc1C(=O)c1ccccc1. The van der Waals surface area contributed by atoms with Gasteiger partial charge in [0.1, 0.15) is 5.75 Å². The molecular weight excluding hydrogens is 218 g/mol. The monoisotopic (exact) mass is 229 g/mol. The number of nitrogens with two attached hydrogens (primary N) is 1. The molecule has 0 saturated carbocycles. The van der Waals surface area contributed by atoms with E-state index < -0.39 is 0 Å². The first kappa shape index (κ1) is 11.2. The summed E-state index contributed by atoms with van der Waals surface area (Å²) in [7, 11) is 0. The Morgan fingerprint density at radius 2 is 1.82 bits per heavy atom. The van der Waals surface area contributed by atoms with Gasteiger partial charge in [0.25, 0.3) is 0 Å². The second-order valence-electron chi connectivity index (χ2n) is 3.49. The maximum Gasteiger partial charge on any atom is 0.196 e. The highest BCUT2D eigenvalue weighted by Gasteiger charge is 2.14. The fourth-order valence-corrected chi connectivity index (χ4v) is 1.54. The number of phenols is 1. The van der Waals surface area contributed by atoms with Gasteiger partial charge in [-0.05, 0) is 12.1 Å². The molecule has 0 amide bonds. The van der Waals surface area contributed by atoms with E-state index in [0.717, 1.165) is 0 Å². The maximum absolute atomic E-state index is 12.1. The van der Waals surface area contributed by atoms with Gasteiger partial charge in [-0.25, -0.2) is 0 Å². The number of hydrogen-bond donors (Lipinski definition) is 2. The number of carbonyl (C=O) groups is 1. The van der Waals surface area contributed by atoms with Crippen LogP contribution in [0.3, 0.4) is 0 Å². The highest BCUT2D eigenvalue weighted by Crippen LogP contribution is 2.25. The average molecular weight is 229 g/mol. The van der Waals surface area contributed by atoms with Crippen LogP contribution < -0.4 is 10.7 Å². The number of hydrogen-bond acceptors (Lipinski definition) is 4. The van der Waals surface area contributed by atoms with E-state index in [1.807, 2.05) is 6.07 Å². The summed E-state index contributed by atoms with van der Waals surface area (Å²) in [6.07, 6.45) is 0. The Morgan fingerprint density at radius 1 is 1.12 bits per heavy atom. The van der Waals surface area contributed by atoms with Gasteiger partial charge in [0.2, 0.25) is 0 Å². The van der Waals surface area contributed by atoms with Crippen molar-refractivity contribution in [3.8, 4) is 11.5 Å². The Kier molecular flexibility index (Phi) is 3.07. The average Bonchev–Trinajstić information content (AvgIpc) is 2.39. The summed E-state index contributed by atoms with van der Waals surface area (Å²) in [5.74, 6) is 5.02. The molecular formula is C13H11NO3. The Bertz CT molecular complexity index is 538. The molecule has 0 unspecified atom stereocenters. The van der Waals surface area contributed by atoms with Gasteiger partial charge in [-0.3, -0.25) is 4.79 Å². The van der Waals surface area contributed by atoms with E-state index in [9.17, 15) is 9.90 Å². The summed E-state index contributed by atoms with van der Waals surface area (Å²) < 4.78 is 0. The zero-order chi connectivity index (χ0) is 12.3. The van der Waals surface area contributed by atoms with Gasteiger partial charge in [-0.2, -0.15) is 5.90 Å². The number of phenolic OH excluding ortho intramolecular Hbond substituents is 1. The molecule has 2 aromatic rings. The third kappa shape index (κ3) is 2.26. The van der Waals surface area contributed by atoms with E-state index in [4.69, 9.17) is 5.90 Å². The number of aromatic hydroxyl groups is 1. The van der Waals surface area contributed by atoms with E-state index >= 15 is 0 Å². The van der Waals surface area contributed by atoms with Crippen LogP contribution in [0.1, 0.15) is 15.9 Å². The van der Waals surface area contributed by atoms with E-state index in [2.05, 4.69) is 4.84 Å². The normalized spacial score (nSPS) is 9.94. The summed E-state index contributed by atoms with van der Waals surface area (Å²) in [4.78, 5) is 16.7. The minimum Gasteiger partial charge on any atom is -0.508 e. The van der Waals surface area contributed by atoms with E-state index in [1.165, 1.54) is 18.2 Å². The second kappa shape index (κ2) is 4.67. The van der Waals surface area contributed by atoms with Gasteiger partial charge in [-0.15, -0.1) is 0 Å². The molecule has 0 heterocycles. The molecule has 0 radical (unpaired) electrons. The van der Waals surface area contributed by atoms with Crippen LogP contribution in [0.5, 0.6) is 11.5 Å². The third-order valence-electron chi connectivity index (χ3n) is 2.37. The molecule has 0 atom stereocenters. The molecule has 0 spiro atoms. The molecule has 0 fully saturated rings. The summed E-state index contributed by atoms with van der Waals surface area (Å²) in [6.45, 7) is 0. The number of rotatable bonds is 3. The standard InChI is InChI=1S/C13H11NO3/c14-17-12-8-10(15)6-7-11(12)13(16)9-4-2-1-3-5-9/h1-8,15H,14H2. The first-order valence-corrected chi connectivity index (χ1v) is 5.02. The smallest absolute Gasteiger partial charge is 0.196 e. The minimum atomic E-state index is -0.203. The first-order valence-electron chi connectivity index (χ1n) is 5.02. The summed E-state index contributed by atoms with van der Waals surface area (Å²) in [5, 5.41) is 9.27. The molecule has 0 aromatic heterocycles. The Morgan fingerprint density at radius 3 is 2.47 bits per heavy atom. The molecule has 0 aliphatic rings. The lowest BCUT2D eigenvalue weighted by atomic mass is 10.0. The van der Waals surface area contributed by atoms with Crippen molar-refractivity contribution in [3.63, 3.8) is 0 Å². The van der Waals surface area contributed by atoms with Gasteiger partial charge in [0, 0.05) is 11.6 Å². The van der Waals surface area contributed by atoms with Crippen molar-refractivity contribution in [1.29, 1.82) is 0 Å². The number of benzene rings is 2. The van der Waals surface area contributed by atoms with Crippen LogP contribution >= 0.6 is 0 Å². The van der Waals surface area contributed by atoms with Crippen molar-refractivity contribution >= 4 is 5.78 Å². The van der Waals surface area contributed by atoms with Crippen LogP contribution in [-0.2, 0) is 0 Å². The molecule has 4 nitrogen and oxygen atoms in total. The molecule has 0 aliphatic heterocycles. The largest absolute Gasteiger partial charge is 0.508 e. The van der Waals surface area contributed by atoms with Crippen molar-refractivity contribution < 1.29 is 14.7 Å². The lowest BCUT2D eigenvalue weighted by molar-refractivity contribution is 0.103. The highest BCUT2D eigenvalue weighted by atomic mass is 16.6. The maximum atomic E-state index is 12.1. The Balaban J connectivity index is 2.44. The van der Waals surface area contributed by atoms with Crippen molar-refractivity contribution in [1.82, 2.24) is 0 Å². The van der Waals surface area contributed by atoms with E-state index in [1.54, 1.807) is 24.3 Å². The first-order chi connectivity index (χ1) is 8.22. The number of ketones is 1. The molecule has 86 valence electrons. The van der Waals surface area contributed by atoms with Gasteiger partial charge in [0.05, 0.1) is 5.56 Å². The second-order valence-corrected chi connectivity index (χ2v) is 3.49. The topological polar surface area (TPSA) is 72.6 Å². The summed E-state index contributed by atoms with van der Waals surface area (Å²) in [6, 6.07) is 13.0. The lowest BCUT2D eigenvalue weighted by Gasteiger charge is -2.07. The lowest BCUT2D eigenvalue weighted by Crippen LogP contribution is -2.09. The van der Waals surface area contributed by atoms with Crippen LogP contribution in [0.2, 0.25) is 0 Å². The predicted octanol–water partition coefficient (Wildman–Crippen LogP) is 1.88. The number of carbonyl (C=O) groups excluding carboxylic acids is 1. The van der Waals surface area contributed by atoms with Gasteiger partial charge >= 0.3 is 0 Å². The van der Waals surface area contributed by atoms with Crippen LogP contribution in [0.15, 0.2) is 48.5 Å². The fraction of sp³-hybridized carbons (Fsp3) is 0. The molecule has 2 aromatic carbocycles. The predicted molar refractivity (Wildman–Crippen MR) is 62.8 cm³/mol. The van der Waals surface area contributed by atoms with Crippen LogP contribution in [0, 0.1) is 0 Å².